The average molecular weight is 281 g/mol. The molecule has 21 heavy (non-hydrogen) atoms. The highest BCUT2D eigenvalue weighted by atomic mass is 16.5. The van der Waals surface area contributed by atoms with Gasteiger partial charge in [0.2, 0.25) is 0 Å². The molecular formula is C18H19NO2. The molecule has 1 aliphatic heterocycles. The van der Waals surface area contributed by atoms with E-state index in [4.69, 9.17) is 4.74 Å². The van der Waals surface area contributed by atoms with E-state index in [0.29, 0.717) is 5.75 Å². The van der Waals surface area contributed by atoms with E-state index in [-0.39, 0.29) is 18.1 Å². The largest absolute Gasteiger partial charge is 0.425 e. The van der Waals surface area contributed by atoms with Crippen LogP contribution in [0.15, 0.2) is 60.7 Å². The minimum absolute atomic E-state index is 0.139. The van der Waals surface area contributed by atoms with Gasteiger partial charge in [-0.1, -0.05) is 48.5 Å². The maximum atomic E-state index is 12.3. The summed E-state index contributed by atoms with van der Waals surface area (Å²) in [6, 6.07) is 19.6. The number of likely N-dealkylation sites (tertiary alicyclic amines) is 1. The Morgan fingerprint density at radius 1 is 1.10 bits per heavy atom. The van der Waals surface area contributed by atoms with Crippen molar-refractivity contribution in [3.63, 3.8) is 0 Å². The lowest BCUT2D eigenvalue weighted by atomic mass is 9.96. The van der Waals surface area contributed by atoms with Crippen LogP contribution in [-0.2, 0) is 4.79 Å². The van der Waals surface area contributed by atoms with Gasteiger partial charge in [-0.05, 0) is 31.0 Å². The predicted molar refractivity (Wildman–Crippen MR) is 82.0 cm³/mol. The van der Waals surface area contributed by atoms with Gasteiger partial charge in [0.15, 0.2) is 0 Å². The molecule has 1 fully saturated rings. The van der Waals surface area contributed by atoms with Crippen LogP contribution >= 0.6 is 0 Å². The lowest BCUT2D eigenvalue weighted by Gasteiger charge is -2.43. The summed E-state index contributed by atoms with van der Waals surface area (Å²) in [5.74, 6) is 0.456. The molecule has 0 saturated carbocycles. The molecule has 3 rings (SSSR count). The van der Waals surface area contributed by atoms with E-state index in [0.717, 1.165) is 13.0 Å². The minimum Gasteiger partial charge on any atom is -0.425 e. The number of rotatable bonds is 4. The summed E-state index contributed by atoms with van der Waals surface area (Å²) in [6.45, 7) is 3.07. The van der Waals surface area contributed by atoms with Gasteiger partial charge in [-0.3, -0.25) is 4.90 Å². The number of esters is 1. The SMILES string of the molecule is CC(c1ccccc1)N1CCC1C(=O)Oc1ccccc1. The zero-order valence-corrected chi connectivity index (χ0v) is 12.1. The maximum Gasteiger partial charge on any atom is 0.328 e. The zero-order chi connectivity index (χ0) is 14.7. The van der Waals surface area contributed by atoms with Crippen LogP contribution in [0.5, 0.6) is 5.75 Å². The molecule has 0 aromatic heterocycles. The average Bonchev–Trinajstić information content (AvgIpc) is 2.48. The molecule has 2 unspecified atom stereocenters. The molecule has 2 aromatic rings. The van der Waals surface area contributed by atoms with Gasteiger partial charge in [0.05, 0.1) is 0 Å². The summed E-state index contributed by atoms with van der Waals surface area (Å²) in [5, 5.41) is 0. The van der Waals surface area contributed by atoms with Gasteiger partial charge in [-0.2, -0.15) is 0 Å². The fraction of sp³-hybridized carbons (Fsp3) is 0.278. The summed E-state index contributed by atoms with van der Waals surface area (Å²) < 4.78 is 5.45. The van der Waals surface area contributed by atoms with Crippen LogP contribution in [0, 0.1) is 0 Å². The number of hydrogen-bond donors (Lipinski definition) is 0. The van der Waals surface area contributed by atoms with E-state index < -0.39 is 0 Å². The molecule has 1 aliphatic rings. The van der Waals surface area contributed by atoms with E-state index in [2.05, 4.69) is 24.0 Å². The molecule has 0 amide bonds. The Kier molecular flexibility index (Phi) is 4.02. The lowest BCUT2D eigenvalue weighted by molar-refractivity contribution is -0.147. The molecule has 0 bridgehead atoms. The monoisotopic (exact) mass is 281 g/mol. The molecular weight excluding hydrogens is 262 g/mol. The van der Waals surface area contributed by atoms with Crippen molar-refractivity contribution < 1.29 is 9.53 Å². The van der Waals surface area contributed by atoms with Gasteiger partial charge in [-0.25, -0.2) is 4.79 Å². The fourth-order valence-corrected chi connectivity index (χ4v) is 2.72. The molecule has 0 radical (unpaired) electrons. The highest BCUT2D eigenvalue weighted by Gasteiger charge is 2.38. The van der Waals surface area contributed by atoms with Crippen LogP contribution in [0.4, 0.5) is 0 Å². The third-order valence-corrected chi connectivity index (χ3v) is 4.07. The van der Waals surface area contributed by atoms with Gasteiger partial charge >= 0.3 is 5.97 Å². The number of para-hydroxylation sites is 1. The van der Waals surface area contributed by atoms with Crippen molar-refractivity contribution in [2.24, 2.45) is 0 Å². The molecule has 0 spiro atoms. The van der Waals surface area contributed by atoms with Gasteiger partial charge in [0, 0.05) is 12.6 Å². The van der Waals surface area contributed by atoms with Crippen molar-refractivity contribution in [2.45, 2.75) is 25.4 Å². The van der Waals surface area contributed by atoms with Gasteiger partial charge in [0.1, 0.15) is 11.8 Å². The second kappa shape index (κ2) is 6.10. The first-order valence-electron chi connectivity index (χ1n) is 7.33. The minimum atomic E-state index is -0.157. The quantitative estimate of drug-likeness (QED) is 0.635. The van der Waals surface area contributed by atoms with Crippen LogP contribution < -0.4 is 4.74 Å². The summed E-state index contributed by atoms with van der Waals surface area (Å²) in [7, 11) is 0. The summed E-state index contributed by atoms with van der Waals surface area (Å²) in [6.07, 6.45) is 0.864. The Hall–Kier alpha value is -2.13. The van der Waals surface area contributed by atoms with Crippen LogP contribution in [0.1, 0.15) is 24.9 Å². The molecule has 108 valence electrons. The third-order valence-electron chi connectivity index (χ3n) is 4.07. The predicted octanol–water partition coefficient (Wildman–Crippen LogP) is 3.43. The Labute approximate surface area is 125 Å². The molecule has 2 atom stereocenters. The topological polar surface area (TPSA) is 29.5 Å². The van der Waals surface area contributed by atoms with Crippen molar-refractivity contribution in [1.29, 1.82) is 0 Å². The molecule has 2 aromatic carbocycles. The van der Waals surface area contributed by atoms with Gasteiger partial charge in [0.25, 0.3) is 0 Å². The fourth-order valence-electron chi connectivity index (χ4n) is 2.72. The first-order valence-corrected chi connectivity index (χ1v) is 7.33. The number of nitrogens with zero attached hydrogens (tertiary/aromatic N) is 1. The zero-order valence-electron chi connectivity index (χ0n) is 12.1. The molecule has 1 saturated heterocycles. The van der Waals surface area contributed by atoms with Crippen molar-refractivity contribution in [1.82, 2.24) is 4.90 Å². The number of carbonyl (C=O) groups excluding carboxylic acids is 1. The maximum absolute atomic E-state index is 12.3. The van der Waals surface area contributed by atoms with E-state index in [9.17, 15) is 4.79 Å². The smallest absolute Gasteiger partial charge is 0.328 e. The Morgan fingerprint density at radius 3 is 2.29 bits per heavy atom. The van der Waals surface area contributed by atoms with Crippen molar-refractivity contribution in [3.05, 3.63) is 66.2 Å². The molecule has 0 N–H and O–H groups in total. The summed E-state index contributed by atoms with van der Waals surface area (Å²) in [5.41, 5.74) is 1.23. The van der Waals surface area contributed by atoms with E-state index in [1.807, 2.05) is 48.5 Å². The van der Waals surface area contributed by atoms with Crippen LogP contribution in [0.2, 0.25) is 0 Å². The Balaban J connectivity index is 1.65. The van der Waals surface area contributed by atoms with Crippen LogP contribution in [-0.4, -0.2) is 23.5 Å². The molecule has 3 nitrogen and oxygen atoms in total. The molecule has 1 heterocycles. The highest BCUT2D eigenvalue weighted by Crippen LogP contribution is 2.31. The van der Waals surface area contributed by atoms with Crippen molar-refractivity contribution >= 4 is 5.97 Å². The number of carbonyl (C=O) groups is 1. The van der Waals surface area contributed by atoms with E-state index in [1.54, 1.807) is 0 Å². The summed E-state index contributed by atoms with van der Waals surface area (Å²) in [4.78, 5) is 14.5. The van der Waals surface area contributed by atoms with Gasteiger partial charge < -0.3 is 4.74 Å². The Morgan fingerprint density at radius 2 is 1.71 bits per heavy atom. The number of benzene rings is 2. The number of ether oxygens (including phenoxy) is 1. The van der Waals surface area contributed by atoms with E-state index >= 15 is 0 Å². The van der Waals surface area contributed by atoms with Crippen molar-refractivity contribution in [2.75, 3.05) is 6.54 Å². The normalized spacial score (nSPS) is 19.6. The summed E-state index contributed by atoms with van der Waals surface area (Å²) >= 11 is 0. The van der Waals surface area contributed by atoms with Crippen LogP contribution in [0.25, 0.3) is 0 Å². The molecule has 3 heteroatoms. The highest BCUT2D eigenvalue weighted by molar-refractivity contribution is 5.79. The standard InChI is InChI=1S/C18H19NO2/c1-14(15-8-4-2-5-9-15)19-13-12-17(19)18(20)21-16-10-6-3-7-11-16/h2-11,14,17H,12-13H2,1H3. The number of hydrogen-bond acceptors (Lipinski definition) is 3. The first-order chi connectivity index (χ1) is 10.3. The Bertz CT molecular complexity index is 597. The first kappa shape index (κ1) is 13.8. The van der Waals surface area contributed by atoms with Crippen molar-refractivity contribution in [3.8, 4) is 5.75 Å². The van der Waals surface area contributed by atoms with E-state index in [1.165, 1.54) is 5.56 Å². The van der Waals surface area contributed by atoms with Crippen LogP contribution in [0.3, 0.4) is 0 Å². The second-order valence-electron chi connectivity index (χ2n) is 5.36. The second-order valence-corrected chi connectivity index (χ2v) is 5.36. The molecule has 0 aliphatic carbocycles. The third kappa shape index (κ3) is 2.98. The lowest BCUT2D eigenvalue weighted by Crippen LogP contribution is -2.54. The van der Waals surface area contributed by atoms with Gasteiger partial charge in [-0.15, -0.1) is 0 Å².